The molecule has 29 heavy (non-hydrogen) atoms. The van der Waals surface area contributed by atoms with E-state index < -0.39 is 0 Å². The van der Waals surface area contributed by atoms with Gasteiger partial charge in [0, 0.05) is 30.7 Å². The van der Waals surface area contributed by atoms with Gasteiger partial charge in [-0.1, -0.05) is 29.8 Å². The monoisotopic (exact) mass is 392 g/mol. The van der Waals surface area contributed by atoms with Crippen LogP contribution in [-0.2, 0) is 0 Å². The second-order valence-electron chi connectivity index (χ2n) is 7.78. The highest BCUT2D eigenvalue weighted by Gasteiger charge is 2.20. The number of nitrogens with zero attached hydrogens (tertiary/aromatic N) is 5. The molecular weight excluding hydrogens is 364 g/mol. The maximum absolute atomic E-state index is 12.6. The number of carbonyl (C=O) groups excluding carboxylic acids is 1. The molecule has 0 aliphatic carbocycles. The van der Waals surface area contributed by atoms with E-state index in [1.807, 2.05) is 37.3 Å². The van der Waals surface area contributed by atoms with Gasteiger partial charge in [0.05, 0.1) is 16.9 Å². The molecule has 152 valence electrons. The molecule has 3 heterocycles. The number of pyridine rings is 1. The van der Waals surface area contributed by atoms with E-state index in [1.54, 1.807) is 10.9 Å². The zero-order valence-electron chi connectivity index (χ0n) is 17.1. The topological polar surface area (TPSA) is 75.9 Å². The first-order chi connectivity index (χ1) is 14.1. The molecule has 7 nitrogen and oxygen atoms in total. The quantitative estimate of drug-likeness (QED) is 0.653. The lowest BCUT2D eigenvalue weighted by molar-refractivity contribution is 0.0943. The number of likely N-dealkylation sites (tertiary alicyclic amines) is 1. The molecule has 4 rings (SSSR count). The smallest absolute Gasteiger partial charge is 0.273 e. The van der Waals surface area contributed by atoms with Crippen molar-refractivity contribution < 1.29 is 4.79 Å². The molecule has 1 aliphatic heterocycles. The first-order valence-corrected chi connectivity index (χ1v) is 10.4. The lowest BCUT2D eigenvalue weighted by Crippen LogP contribution is -2.39. The van der Waals surface area contributed by atoms with Crippen LogP contribution in [0.5, 0.6) is 0 Å². The second kappa shape index (κ2) is 8.69. The van der Waals surface area contributed by atoms with Gasteiger partial charge in [0.25, 0.3) is 5.91 Å². The number of piperidine rings is 1. The zero-order valence-corrected chi connectivity index (χ0v) is 17.1. The highest BCUT2D eigenvalue weighted by Crippen LogP contribution is 2.21. The van der Waals surface area contributed by atoms with Gasteiger partial charge in [0.1, 0.15) is 0 Å². The van der Waals surface area contributed by atoms with Crippen molar-refractivity contribution in [1.29, 1.82) is 0 Å². The number of aromatic nitrogens is 4. The molecule has 0 radical (unpaired) electrons. The molecule has 1 N–H and O–H groups in total. The van der Waals surface area contributed by atoms with E-state index in [1.165, 1.54) is 25.8 Å². The molecule has 3 aromatic rings. The van der Waals surface area contributed by atoms with Gasteiger partial charge < -0.3 is 10.2 Å². The van der Waals surface area contributed by atoms with Crippen LogP contribution in [0.25, 0.3) is 16.6 Å². The molecule has 1 aromatic carbocycles. The summed E-state index contributed by atoms with van der Waals surface area (Å²) in [4.78, 5) is 19.6. The lowest BCUT2D eigenvalue weighted by Gasteiger charge is -2.33. The van der Waals surface area contributed by atoms with Gasteiger partial charge in [0.15, 0.2) is 5.69 Å². The Bertz CT molecular complexity index is 993. The highest BCUT2D eigenvalue weighted by molar-refractivity contribution is 5.93. The molecule has 1 atom stereocenters. The number of nitrogens with one attached hydrogen (secondary N) is 1. The fourth-order valence-electron chi connectivity index (χ4n) is 4.08. The molecule has 1 aliphatic rings. The Morgan fingerprint density at radius 2 is 2.10 bits per heavy atom. The van der Waals surface area contributed by atoms with E-state index in [-0.39, 0.29) is 5.91 Å². The Balaban J connectivity index is 1.41. The number of rotatable bonds is 6. The van der Waals surface area contributed by atoms with Gasteiger partial charge in [-0.05, 0) is 51.8 Å². The van der Waals surface area contributed by atoms with E-state index >= 15 is 0 Å². The standard InChI is InChI=1S/C22H28N6O/c1-16-8-3-4-14-27(16)15-7-13-24-22(29)20-17(2)28(26-25-20)19-11-5-9-18-10-6-12-23-21(18)19/h5-6,9-12,16H,3-4,7-8,13-15H2,1-2H3,(H,24,29)/t16-/m0/s1. The third-order valence-electron chi connectivity index (χ3n) is 5.80. The highest BCUT2D eigenvalue weighted by atomic mass is 16.2. The van der Waals surface area contributed by atoms with Crippen LogP contribution >= 0.6 is 0 Å². The van der Waals surface area contributed by atoms with Crippen LogP contribution in [0, 0.1) is 6.92 Å². The van der Waals surface area contributed by atoms with Gasteiger partial charge in [-0.2, -0.15) is 0 Å². The molecule has 0 saturated carbocycles. The van der Waals surface area contributed by atoms with Crippen molar-refractivity contribution >= 4 is 16.8 Å². The molecule has 1 fully saturated rings. The normalized spacial score (nSPS) is 17.5. The van der Waals surface area contributed by atoms with Crippen LogP contribution in [0.1, 0.15) is 48.8 Å². The first-order valence-electron chi connectivity index (χ1n) is 10.4. The van der Waals surface area contributed by atoms with Gasteiger partial charge in [0.2, 0.25) is 0 Å². The van der Waals surface area contributed by atoms with E-state index in [2.05, 4.69) is 32.4 Å². The summed E-state index contributed by atoms with van der Waals surface area (Å²) in [6.07, 6.45) is 6.58. The van der Waals surface area contributed by atoms with E-state index in [9.17, 15) is 4.79 Å². The summed E-state index contributed by atoms with van der Waals surface area (Å²) in [5.74, 6) is -0.173. The third-order valence-corrected chi connectivity index (χ3v) is 5.80. The minimum atomic E-state index is -0.173. The number of carbonyl (C=O) groups is 1. The average Bonchev–Trinajstić information content (AvgIpc) is 3.13. The van der Waals surface area contributed by atoms with Crippen molar-refractivity contribution in [3.8, 4) is 5.69 Å². The second-order valence-corrected chi connectivity index (χ2v) is 7.78. The van der Waals surface area contributed by atoms with Crippen molar-refractivity contribution in [3.63, 3.8) is 0 Å². The predicted molar refractivity (Wildman–Crippen MR) is 113 cm³/mol. The van der Waals surface area contributed by atoms with Crippen molar-refractivity contribution in [2.24, 2.45) is 0 Å². The van der Waals surface area contributed by atoms with Crippen molar-refractivity contribution in [1.82, 2.24) is 30.2 Å². The summed E-state index contributed by atoms with van der Waals surface area (Å²) < 4.78 is 1.69. The van der Waals surface area contributed by atoms with Crippen LogP contribution in [0.3, 0.4) is 0 Å². The minimum Gasteiger partial charge on any atom is -0.351 e. The predicted octanol–water partition coefficient (Wildman–Crippen LogP) is 3.12. The number of amides is 1. The number of benzene rings is 1. The van der Waals surface area contributed by atoms with Crippen molar-refractivity contribution in [3.05, 3.63) is 47.9 Å². The van der Waals surface area contributed by atoms with Gasteiger partial charge in [-0.15, -0.1) is 5.10 Å². The van der Waals surface area contributed by atoms with E-state index in [0.717, 1.165) is 29.6 Å². The van der Waals surface area contributed by atoms with Crippen LogP contribution in [0.15, 0.2) is 36.5 Å². The van der Waals surface area contributed by atoms with Gasteiger partial charge in [-0.25, -0.2) is 4.68 Å². The van der Waals surface area contributed by atoms with Crippen LogP contribution in [0.2, 0.25) is 0 Å². The summed E-state index contributed by atoms with van der Waals surface area (Å²) in [5, 5.41) is 12.4. The van der Waals surface area contributed by atoms with Gasteiger partial charge in [-0.3, -0.25) is 9.78 Å². The van der Waals surface area contributed by atoms with Crippen LogP contribution in [-0.4, -0.2) is 56.5 Å². The molecule has 1 amide bonds. The lowest BCUT2D eigenvalue weighted by atomic mass is 10.0. The van der Waals surface area contributed by atoms with Crippen LogP contribution in [0.4, 0.5) is 0 Å². The molecule has 0 spiro atoms. The molecule has 1 saturated heterocycles. The Morgan fingerprint density at radius 3 is 2.97 bits per heavy atom. The Hall–Kier alpha value is -2.80. The average molecular weight is 393 g/mol. The molecule has 7 heteroatoms. The summed E-state index contributed by atoms with van der Waals surface area (Å²) in [6, 6.07) is 10.5. The summed E-state index contributed by atoms with van der Waals surface area (Å²) in [5.41, 5.74) is 2.74. The first kappa shape index (κ1) is 19.5. The fourth-order valence-corrected chi connectivity index (χ4v) is 4.08. The van der Waals surface area contributed by atoms with Crippen molar-refractivity contribution in [2.75, 3.05) is 19.6 Å². The maximum Gasteiger partial charge on any atom is 0.273 e. The summed E-state index contributed by atoms with van der Waals surface area (Å²) in [6.45, 7) is 6.99. The number of fused-ring (bicyclic) bond motifs is 1. The van der Waals surface area contributed by atoms with Crippen molar-refractivity contribution in [2.45, 2.75) is 45.6 Å². The maximum atomic E-state index is 12.6. The van der Waals surface area contributed by atoms with Crippen LogP contribution < -0.4 is 5.32 Å². The Labute approximate surface area is 171 Å². The minimum absolute atomic E-state index is 0.173. The molecule has 0 unspecified atom stereocenters. The Morgan fingerprint density at radius 1 is 1.24 bits per heavy atom. The molecular formula is C22H28N6O. The van der Waals surface area contributed by atoms with E-state index in [4.69, 9.17) is 0 Å². The zero-order chi connectivity index (χ0) is 20.2. The Kier molecular flexibility index (Phi) is 5.85. The van der Waals surface area contributed by atoms with Gasteiger partial charge >= 0.3 is 0 Å². The summed E-state index contributed by atoms with van der Waals surface area (Å²) >= 11 is 0. The number of hydrogen-bond donors (Lipinski definition) is 1. The summed E-state index contributed by atoms with van der Waals surface area (Å²) in [7, 11) is 0. The third kappa shape index (κ3) is 4.15. The number of hydrogen-bond acceptors (Lipinski definition) is 5. The molecule has 0 bridgehead atoms. The molecule has 2 aromatic heterocycles. The van der Waals surface area contributed by atoms with E-state index in [0.29, 0.717) is 24.0 Å². The number of para-hydroxylation sites is 1. The SMILES string of the molecule is Cc1c(C(=O)NCCCN2CCCC[C@@H]2C)nnn1-c1cccc2cccnc12. The largest absolute Gasteiger partial charge is 0.351 e. The fraction of sp³-hybridized carbons (Fsp3) is 0.455.